The van der Waals surface area contributed by atoms with Crippen molar-refractivity contribution >= 4 is 11.6 Å². The standard InChI is InChI=1S/C18H13F3N2O3/c19-18(20,21)12-4-6-13(7-5-12)22-17(25)15-9-8-14(26-15)11-23-10-2-1-3-16(23)24/h1-10H,11H2,(H,22,25). The normalized spacial score (nSPS) is 11.3. The van der Waals surface area contributed by atoms with Crippen LogP contribution in [0, 0.1) is 0 Å². The fourth-order valence-corrected chi connectivity index (χ4v) is 2.28. The molecule has 0 unspecified atom stereocenters. The maximum absolute atomic E-state index is 12.5. The summed E-state index contributed by atoms with van der Waals surface area (Å²) in [5.41, 5.74) is -0.802. The molecule has 0 saturated carbocycles. The predicted octanol–water partition coefficient (Wildman–Crippen LogP) is 3.76. The predicted molar refractivity (Wildman–Crippen MR) is 87.9 cm³/mol. The van der Waals surface area contributed by atoms with E-state index >= 15 is 0 Å². The molecule has 0 radical (unpaired) electrons. The maximum Gasteiger partial charge on any atom is 0.416 e. The molecule has 8 heteroatoms. The third-order valence-electron chi connectivity index (χ3n) is 3.58. The van der Waals surface area contributed by atoms with E-state index in [2.05, 4.69) is 5.32 Å². The van der Waals surface area contributed by atoms with E-state index in [1.165, 1.54) is 16.7 Å². The van der Waals surface area contributed by atoms with Crippen LogP contribution in [-0.2, 0) is 12.7 Å². The minimum absolute atomic E-state index is 0.0103. The first-order valence-electron chi connectivity index (χ1n) is 7.56. The number of nitrogens with one attached hydrogen (secondary N) is 1. The van der Waals surface area contributed by atoms with Gasteiger partial charge in [0.05, 0.1) is 12.1 Å². The van der Waals surface area contributed by atoms with Gasteiger partial charge in [-0.25, -0.2) is 0 Å². The summed E-state index contributed by atoms with van der Waals surface area (Å²) in [5.74, 6) is -0.212. The van der Waals surface area contributed by atoms with E-state index in [1.807, 2.05) is 0 Å². The number of pyridine rings is 1. The number of benzene rings is 1. The van der Waals surface area contributed by atoms with E-state index in [9.17, 15) is 22.8 Å². The zero-order chi connectivity index (χ0) is 18.7. The third kappa shape index (κ3) is 4.02. The summed E-state index contributed by atoms with van der Waals surface area (Å²) >= 11 is 0. The van der Waals surface area contributed by atoms with Gasteiger partial charge in [0.1, 0.15) is 5.76 Å². The lowest BCUT2D eigenvalue weighted by Crippen LogP contribution is -2.18. The number of rotatable bonds is 4. The van der Waals surface area contributed by atoms with Crippen LogP contribution in [0.3, 0.4) is 0 Å². The lowest BCUT2D eigenvalue weighted by Gasteiger charge is -2.08. The molecule has 0 fully saturated rings. The summed E-state index contributed by atoms with van der Waals surface area (Å²) in [6.07, 6.45) is -2.85. The summed E-state index contributed by atoms with van der Waals surface area (Å²) < 4.78 is 44.4. The van der Waals surface area contributed by atoms with Crippen LogP contribution in [0.2, 0.25) is 0 Å². The number of carbonyl (C=O) groups excluding carboxylic acids is 1. The van der Waals surface area contributed by atoms with Crippen LogP contribution in [0.5, 0.6) is 0 Å². The van der Waals surface area contributed by atoms with Crippen molar-refractivity contribution in [3.8, 4) is 0 Å². The molecule has 1 N–H and O–H groups in total. The number of halogens is 3. The Bertz CT molecular complexity index is 972. The lowest BCUT2D eigenvalue weighted by molar-refractivity contribution is -0.137. The molecular weight excluding hydrogens is 349 g/mol. The lowest BCUT2D eigenvalue weighted by atomic mass is 10.2. The van der Waals surface area contributed by atoms with Gasteiger partial charge in [0.25, 0.3) is 11.5 Å². The van der Waals surface area contributed by atoms with Gasteiger partial charge in [0, 0.05) is 18.0 Å². The Kier molecular flexibility index (Phi) is 4.66. The van der Waals surface area contributed by atoms with Gasteiger partial charge in [-0.3, -0.25) is 9.59 Å². The summed E-state index contributed by atoms with van der Waals surface area (Å²) in [4.78, 5) is 23.8. The highest BCUT2D eigenvalue weighted by Gasteiger charge is 2.30. The summed E-state index contributed by atoms with van der Waals surface area (Å²) in [7, 11) is 0. The number of amides is 1. The highest BCUT2D eigenvalue weighted by Crippen LogP contribution is 2.29. The third-order valence-corrected chi connectivity index (χ3v) is 3.58. The van der Waals surface area contributed by atoms with Crippen LogP contribution >= 0.6 is 0 Å². The molecule has 134 valence electrons. The molecule has 1 amide bonds. The molecule has 0 aliphatic heterocycles. The maximum atomic E-state index is 12.5. The number of aromatic nitrogens is 1. The smallest absolute Gasteiger partial charge is 0.416 e. The van der Waals surface area contributed by atoms with Crippen molar-refractivity contribution in [3.05, 3.63) is 88.2 Å². The van der Waals surface area contributed by atoms with Gasteiger partial charge in [-0.2, -0.15) is 13.2 Å². The number of furan rings is 1. The van der Waals surface area contributed by atoms with Crippen LogP contribution in [0.25, 0.3) is 0 Å². The van der Waals surface area contributed by atoms with Gasteiger partial charge in [-0.1, -0.05) is 6.07 Å². The number of hydrogen-bond donors (Lipinski definition) is 1. The SMILES string of the molecule is O=C(Nc1ccc(C(F)(F)F)cc1)c1ccc(Cn2ccccc2=O)o1. The Morgan fingerprint density at radius 1 is 1.04 bits per heavy atom. The molecule has 3 rings (SSSR count). The summed E-state index contributed by atoms with van der Waals surface area (Å²) in [5, 5.41) is 2.46. The molecule has 2 heterocycles. The van der Waals surface area contributed by atoms with Crippen molar-refractivity contribution in [1.29, 1.82) is 0 Å². The van der Waals surface area contributed by atoms with Crippen LogP contribution in [0.1, 0.15) is 21.9 Å². The Balaban J connectivity index is 1.68. The second-order valence-electron chi connectivity index (χ2n) is 5.46. The minimum atomic E-state index is -4.44. The first-order valence-corrected chi connectivity index (χ1v) is 7.56. The Morgan fingerprint density at radius 2 is 1.77 bits per heavy atom. The highest BCUT2D eigenvalue weighted by atomic mass is 19.4. The highest BCUT2D eigenvalue weighted by molar-refractivity contribution is 6.02. The molecule has 0 saturated heterocycles. The molecule has 3 aromatic rings. The molecule has 0 spiro atoms. The zero-order valence-electron chi connectivity index (χ0n) is 13.3. The number of alkyl halides is 3. The van der Waals surface area contributed by atoms with Crippen molar-refractivity contribution in [1.82, 2.24) is 4.57 Å². The van der Waals surface area contributed by atoms with Crippen LogP contribution in [0.15, 0.2) is 70.0 Å². The van der Waals surface area contributed by atoms with Crippen molar-refractivity contribution < 1.29 is 22.4 Å². The van der Waals surface area contributed by atoms with Gasteiger partial charge >= 0.3 is 6.18 Å². The number of anilines is 1. The van der Waals surface area contributed by atoms with E-state index in [0.717, 1.165) is 24.3 Å². The van der Waals surface area contributed by atoms with E-state index in [-0.39, 0.29) is 23.6 Å². The van der Waals surface area contributed by atoms with E-state index in [1.54, 1.807) is 24.4 Å². The van der Waals surface area contributed by atoms with Crippen LogP contribution in [-0.4, -0.2) is 10.5 Å². The van der Waals surface area contributed by atoms with Crippen molar-refractivity contribution in [2.24, 2.45) is 0 Å². The second-order valence-corrected chi connectivity index (χ2v) is 5.46. The first kappa shape index (κ1) is 17.5. The Labute approximate surface area is 145 Å². The van der Waals surface area contributed by atoms with E-state index in [4.69, 9.17) is 4.42 Å². The van der Waals surface area contributed by atoms with Crippen molar-refractivity contribution in [2.45, 2.75) is 12.7 Å². The zero-order valence-corrected chi connectivity index (χ0v) is 13.3. The fourth-order valence-electron chi connectivity index (χ4n) is 2.28. The Morgan fingerprint density at radius 3 is 2.42 bits per heavy atom. The topological polar surface area (TPSA) is 64.2 Å². The summed E-state index contributed by atoms with van der Waals surface area (Å²) in [6.45, 7) is 0.160. The van der Waals surface area contributed by atoms with Gasteiger partial charge < -0.3 is 14.3 Å². The first-order chi connectivity index (χ1) is 12.3. The quantitative estimate of drug-likeness (QED) is 0.769. The monoisotopic (exact) mass is 362 g/mol. The molecule has 0 aliphatic carbocycles. The van der Waals surface area contributed by atoms with Crippen LogP contribution < -0.4 is 10.9 Å². The van der Waals surface area contributed by atoms with Crippen molar-refractivity contribution in [2.75, 3.05) is 5.32 Å². The Hall–Kier alpha value is -3.29. The fraction of sp³-hybridized carbons (Fsp3) is 0.111. The van der Waals surface area contributed by atoms with Gasteiger partial charge in [0.15, 0.2) is 5.76 Å². The molecule has 0 atom stereocenters. The van der Waals surface area contributed by atoms with Gasteiger partial charge in [-0.05, 0) is 42.5 Å². The average Bonchev–Trinajstić information content (AvgIpc) is 3.05. The number of hydrogen-bond acceptors (Lipinski definition) is 3. The van der Waals surface area contributed by atoms with Gasteiger partial charge in [0.2, 0.25) is 0 Å². The largest absolute Gasteiger partial charge is 0.454 e. The minimum Gasteiger partial charge on any atom is -0.454 e. The average molecular weight is 362 g/mol. The second kappa shape index (κ2) is 6.91. The molecule has 2 aromatic heterocycles. The molecule has 5 nitrogen and oxygen atoms in total. The number of nitrogens with zero attached hydrogens (tertiary/aromatic N) is 1. The van der Waals surface area contributed by atoms with Gasteiger partial charge in [-0.15, -0.1) is 0 Å². The van der Waals surface area contributed by atoms with E-state index in [0.29, 0.717) is 5.76 Å². The summed E-state index contributed by atoms with van der Waals surface area (Å²) in [6, 6.07) is 11.8. The molecule has 0 aliphatic rings. The van der Waals surface area contributed by atoms with Crippen LogP contribution in [0.4, 0.5) is 18.9 Å². The van der Waals surface area contributed by atoms with E-state index < -0.39 is 17.6 Å². The molecule has 26 heavy (non-hydrogen) atoms. The number of carbonyl (C=O) groups is 1. The molecular formula is C18H13F3N2O3. The molecule has 1 aromatic carbocycles. The van der Waals surface area contributed by atoms with Crippen molar-refractivity contribution in [3.63, 3.8) is 0 Å². The molecule has 0 bridgehead atoms.